The molecular formula is C39H45F5N6O7. The van der Waals surface area contributed by atoms with E-state index >= 15 is 8.78 Å². The number of amides is 3. The second-order valence-electron chi connectivity index (χ2n) is 17.3. The molecular weight excluding hydrogens is 759 g/mol. The van der Waals surface area contributed by atoms with Crippen LogP contribution in [0.4, 0.5) is 43.0 Å². The van der Waals surface area contributed by atoms with Crippen LogP contribution in [0.2, 0.25) is 0 Å². The lowest BCUT2D eigenvalue weighted by Gasteiger charge is -2.52. The lowest BCUT2D eigenvalue weighted by Crippen LogP contribution is -2.69. The van der Waals surface area contributed by atoms with Gasteiger partial charge in [-0.15, -0.1) is 13.2 Å². The van der Waals surface area contributed by atoms with Crippen molar-refractivity contribution in [3.8, 4) is 22.9 Å². The molecule has 1 aromatic carbocycles. The zero-order chi connectivity index (χ0) is 41.7. The topological polar surface area (TPSA) is 144 Å². The standard InChI is InChI=1S/C39H45F5N6O7/c1-17-25-26-32(47-28(17)22-10-11-24(51)46-22)49-16-38(9)13-12-23(50(38)35(53)57-37(6,7)8)30(49)18(2)54-33(26)48-29(27(25)41)20-14-19(45-34(52)56-36(3,4)5)15-21(40)31(20)55-39(42,43)44/h14-15,18,22-23,30H,10-13,16H2,1-9H3,(H,45,52)(H,46,51)/t18-,22?,23-,30+,38+/m0/s1. The maximum Gasteiger partial charge on any atom is 0.573 e. The van der Waals surface area contributed by atoms with Crippen LogP contribution >= 0.6 is 0 Å². The summed E-state index contributed by atoms with van der Waals surface area (Å²) in [6.45, 7) is 15.5. The Morgan fingerprint density at radius 2 is 1.70 bits per heavy atom. The third kappa shape index (κ3) is 7.42. The zero-order valence-corrected chi connectivity index (χ0v) is 33.0. The zero-order valence-electron chi connectivity index (χ0n) is 33.0. The molecule has 3 aromatic rings. The summed E-state index contributed by atoms with van der Waals surface area (Å²) in [6, 6.07) is -0.233. The number of fused-ring (bicyclic) bond motifs is 5. The first-order valence-electron chi connectivity index (χ1n) is 18.7. The number of alkyl halides is 3. The largest absolute Gasteiger partial charge is 0.573 e. The van der Waals surface area contributed by atoms with Crippen LogP contribution in [0.25, 0.3) is 22.0 Å². The quantitative estimate of drug-likeness (QED) is 0.248. The van der Waals surface area contributed by atoms with Crippen LogP contribution in [0.15, 0.2) is 12.1 Å². The van der Waals surface area contributed by atoms with Crippen LogP contribution in [-0.4, -0.2) is 80.8 Å². The second kappa shape index (κ2) is 13.5. The van der Waals surface area contributed by atoms with Gasteiger partial charge in [0, 0.05) is 30.1 Å². The average molecular weight is 805 g/mol. The summed E-state index contributed by atoms with van der Waals surface area (Å²) >= 11 is 0. The van der Waals surface area contributed by atoms with Crippen molar-refractivity contribution in [1.29, 1.82) is 0 Å². The summed E-state index contributed by atoms with van der Waals surface area (Å²) in [4.78, 5) is 52.2. The molecule has 0 aliphatic carbocycles. The number of piperazine rings is 1. The van der Waals surface area contributed by atoms with Crippen LogP contribution < -0.4 is 25.0 Å². The van der Waals surface area contributed by atoms with Crippen molar-refractivity contribution in [3.05, 3.63) is 35.0 Å². The number of carbonyl (C=O) groups is 3. The molecule has 2 bridgehead atoms. The lowest BCUT2D eigenvalue weighted by atomic mass is 9.92. The van der Waals surface area contributed by atoms with Crippen molar-refractivity contribution in [3.63, 3.8) is 0 Å². The molecule has 0 saturated carbocycles. The number of hydrogen-bond donors (Lipinski definition) is 2. The Morgan fingerprint density at radius 3 is 2.32 bits per heavy atom. The molecule has 4 aliphatic heterocycles. The summed E-state index contributed by atoms with van der Waals surface area (Å²) in [5.41, 5.74) is -3.93. The average Bonchev–Trinajstić information content (AvgIpc) is 3.56. The molecule has 18 heteroatoms. The molecule has 57 heavy (non-hydrogen) atoms. The van der Waals surface area contributed by atoms with E-state index in [-0.39, 0.29) is 52.6 Å². The molecule has 2 N–H and O–H groups in total. The number of nitrogens with one attached hydrogen (secondary N) is 2. The summed E-state index contributed by atoms with van der Waals surface area (Å²) in [6.07, 6.45) is -6.09. The molecule has 1 unspecified atom stereocenters. The molecule has 4 aliphatic rings. The number of benzene rings is 1. The van der Waals surface area contributed by atoms with Gasteiger partial charge in [-0.05, 0) is 93.2 Å². The van der Waals surface area contributed by atoms with Crippen LogP contribution in [0.3, 0.4) is 0 Å². The normalized spacial score (nSPS) is 24.4. The van der Waals surface area contributed by atoms with Gasteiger partial charge in [0.1, 0.15) is 28.8 Å². The maximum absolute atomic E-state index is 17.6. The second-order valence-corrected chi connectivity index (χ2v) is 17.3. The van der Waals surface area contributed by atoms with Gasteiger partial charge >= 0.3 is 18.5 Å². The third-order valence-corrected chi connectivity index (χ3v) is 10.6. The first-order valence-corrected chi connectivity index (χ1v) is 18.7. The van der Waals surface area contributed by atoms with E-state index in [1.807, 2.05) is 11.8 Å². The highest BCUT2D eigenvalue weighted by molar-refractivity contribution is 6.02. The smallest absolute Gasteiger partial charge is 0.472 e. The van der Waals surface area contributed by atoms with Gasteiger partial charge in [-0.3, -0.25) is 15.0 Å². The van der Waals surface area contributed by atoms with Crippen molar-refractivity contribution in [2.45, 2.75) is 135 Å². The van der Waals surface area contributed by atoms with Gasteiger partial charge in [-0.2, -0.15) is 0 Å². The number of hydrogen-bond acceptors (Lipinski definition) is 10. The molecule has 3 amide bonds. The number of aromatic nitrogens is 2. The summed E-state index contributed by atoms with van der Waals surface area (Å²) in [5.74, 6) is -4.35. The van der Waals surface area contributed by atoms with E-state index in [1.54, 1.807) is 60.3 Å². The first kappa shape index (κ1) is 40.1. The fourth-order valence-corrected chi connectivity index (χ4v) is 8.56. The first-order chi connectivity index (χ1) is 26.3. The van der Waals surface area contributed by atoms with Gasteiger partial charge in [-0.25, -0.2) is 28.3 Å². The van der Waals surface area contributed by atoms with Crippen LogP contribution in [-0.2, 0) is 14.3 Å². The molecule has 6 heterocycles. The van der Waals surface area contributed by atoms with Crippen molar-refractivity contribution in [1.82, 2.24) is 20.2 Å². The number of rotatable bonds is 4. The van der Waals surface area contributed by atoms with Crippen LogP contribution in [0, 0.1) is 18.6 Å². The Kier molecular flexibility index (Phi) is 9.46. The highest BCUT2D eigenvalue weighted by atomic mass is 19.4. The minimum atomic E-state index is -5.42. The summed E-state index contributed by atoms with van der Waals surface area (Å²) in [5, 5.41) is 5.13. The molecule has 7 rings (SSSR count). The van der Waals surface area contributed by atoms with Gasteiger partial charge < -0.3 is 29.2 Å². The number of ether oxygens (including phenoxy) is 4. The predicted octanol–water partition coefficient (Wildman–Crippen LogP) is 8.21. The number of anilines is 2. The van der Waals surface area contributed by atoms with E-state index in [4.69, 9.17) is 19.2 Å². The van der Waals surface area contributed by atoms with E-state index in [9.17, 15) is 27.6 Å². The SMILES string of the molecule is Cc1c(C2CCC(=O)N2)nc2c3c(nc(-c4cc(NC(=O)OC(C)(C)C)cc(F)c4OC(F)(F)F)c(F)c13)O[C@@H](C)[C@@H]1[C@@H]3CC[C@](C)(CN21)N3C(=O)OC(C)(C)C. The van der Waals surface area contributed by atoms with Gasteiger partial charge in [0.05, 0.1) is 40.3 Å². The molecule has 13 nitrogen and oxygen atoms in total. The number of carbonyl (C=O) groups excluding carboxylic acids is 3. The van der Waals surface area contributed by atoms with Crippen LogP contribution in [0.1, 0.15) is 98.4 Å². The van der Waals surface area contributed by atoms with E-state index in [1.165, 1.54) is 0 Å². The van der Waals surface area contributed by atoms with Crippen molar-refractivity contribution in [2.24, 2.45) is 0 Å². The summed E-state index contributed by atoms with van der Waals surface area (Å²) in [7, 11) is 0. The fraction of sp³-hybridized carbons (Fsp3) is 0.564. The number of pyridine rings is 2. The van der Waals surface area contributed by atoms with Crippen molar-refractivity contribution in [2.75, 3.05) is 16.8 Å². The maximum atomic E-state index is 17.6. The Bertz CT molecular complexity index is 2190. The fourth-order valence-electron chi connectivity index (χ4n) is 8.56. The van der Waals surface area contributed by atoms with Crippen molar-refractivity contribution >= 4 is 40.4 Å². The van der Waals surface area contributed by atoms with Crippen molar-refractivity contribution < 1.29 is 55.3 Å². The van der Waals surface area contributed by atoms with Crippen LogP contribution in [0.5, 0.6) is 11.6 Å². The number of nitrogens with zero attached hydrogens (tertiary/aromatic N) is 4. The molecule has 2 aromatic heterocycles. The molecule has 5 atom stereocenters. The number of aryl methyl sites for hydroxylation is 1. The van der Waals surface area contributed by atoms with Gasteiger partial charge in [0.2, 0.25) is 11.8 Å². The van der Waals surface area contributed by atoms with Gasteiger partial charge in [0.25, 0.3) is 0 Å². The Hall–Kier alpha value is -5.16. The van der Waals surface area contributed by atoms with E-state index in [0.29, 0.717) is 31.0 Å². The molecule has 3 saturated heterocycles. The minimum absolute atomic E-state index is 0.103. The van der Waals surface area contributed by atoms with Gasteiger partial charge in [0.15, 0.2) is 17.4 Å². The molecule has 0 spiro atoms. The van der Waals surface area contributed by atoms with E-state index in [0.717, 1.165) is 6.07 Å². The predicted molar refractivity (Wildman–Crippen MR) is 197 cm³/mol. The number of halogens is 5. The monoisotopic (exact) mass is 804 g/mol. The molecule has 0 radical (unpaired) electrons. The Balaban J connectivity index is 1.46. The minimum Gasteiger partial charge on any atom is -0.472 e. The molecule has 3 fully saturated rings. The lowest BCUT2D eigenvalue weighted by molar-refractivity contribution is -0.275. The van der Waals surface area contributed by atoms with E-state index < -0.39 is 88.2 Å². The van der Waals surface area contributed by atoms with E-state index in [2.05, 4.69) is 20.4 Å². The van der Waals surface area contributed by atoms with Gasteiger partial charge in [-0.1, -0.05) is 0 Å². The molecule has 308 valence electrons. The summed E-state index contributed by atoms with van der Waals surface area (Å²) < 4.78 is 96.6. The Labute approximate surface area is 325 Å². The third-order valence-electron chi connectivity index (χ3n) is 10.6. The highest BCUT2D eigenvalue weighted by Gasteiger charge is 2.59. The highest BCUT2D eigenvalue weighted by Crippen LogP contribution is 2.52. The Morgan fingerprint density at radius 1 is 1.02 bits per heavy atom.